The fourth-order valence-electron chi connectivity index (χ4n) is 1.52. The monoisotopic (exact) mass is 142 g/mol. The van der Waals surface area contributed by atoms with Crippen LogP contribution >= 0.6 is 0 Å². The van der Waals surface area contributed by atoms with Gasteiger partial charge in [0.2, 0.25) is 11.6 Å². The summed E-state index contributed by atoms with van der Waals surface area (Å²) in [4.78, 5) is 0. The van der Waals surface area contributed by atoms with Gasteiger partial charge in [-0.05, 0) is 13.3 Å². The molecule has 0 amide bonds. The van der Waals surface area contributed by atoms with E-state index in [0.29, 0.717) is 0 Å². The van der Waals surface area contributed by atoms with E-state index in [-0.39, 0.29) is 11.6 Å². The Balaban J connectivity index is 1.66. The molecule has 2 rings (SSSR count). The van der Waals surface area contributed by atoms with Crippen LogP contribution in [0.15, 0.2) is 0 Å². The zero-order chi connectivity index (χ0) is 7.24. The zero-order valence-corrected chi connectivity index (χ0v) is 6.64. The number of hydrogen-bond acceptors (Lipinski definition) is 2. The normalized spacial score (nSPS) is 48.6. The van der Waals surface area contributed by atoms with Crippen molar-refractivity contribution in [3.05, 3.63) is 0 Å². The van der Waals surface area contributed by atoms with Crippen LogP contribution in [-0.2, 0) is 9.47 Å². The Morgan fingerprint density at radius 1 is 1.20 bits per heavy atom. The Bertz CT molecular complexity index is 147. The van der Waals surface area contributed by atoms with Crippen molar-refractivity contribution in [3.8, 4) is 0 Å². The van der Waals surface area contributed by atoms with Crippen molar-refractivity contribution >= 4 is 0 Å². The molecule has 0 unspecified atom stereocenters. The molecule has 10 heavy (non-hydrogen) atoms. The highest BCUT2D eigenvalue weighted by atomic mass is 17.0. The lowest BCUT2D eigenvalue weighted by Gasteiger charge is -1.98. The van der Waals surface area contributed by atoms with Crippen LogP contribution in [0.1, 0.15) is 39.5 Å². The molecule has 0 N–H and O–H groups in total. The molecule has 0 aromatic carbocycles. The highest BCUT2D eigenvalue weighted by Gasteiger charge is 2.87. The standard InChI is InChI=1S/C8H14O2/c1-3-4-5-6-8-7(2,9-8)10-8/h3-6H2,1-2H3. The molecule has 0 aliphatic carbocycles. The van der Waals surface area contributed by atoms with Crippen LogP contribution < -0.4 is 0 Å². The Kier molecular flexibility index (Phi) is 1.15. The van der Waals surface area contributed by atoms with Crippen molar-refractivity contribution in [2.45, 2.75) is 51.1 Å². The average Bonchev–Trinajstić information content (AvgIpc) is 2.54. The first-order valence-electron chi connectivity index (χ1n) is 4.13. The third kappa shape index (κ3) is 0.722. The smallest absolute Gasteiger partial charge is 0.229 e. The summed E-state index contributed by atoms with van der Waals surface area (Å²) < 4.78 is 10.6. The lowest BCUT2D eigenvalue weighted by atomic mass is 10.1. The maximum Gasteiger partial charge on any atom is 0.229 e. The molecule has 2 saturated heterocycles. The van der Waals surface area contributed by atoms with Crippen LogP contribution in [0.25, 0.3) is 0 Å². The summed E-state index contributed by atoms with van der Waals surface area (Å²) in [6.07, 6.45) is 4.90. The van der Waals surface area contributed by atoms with E-state index in [1.807, 2.05) is 6.92 Å². The predicted molar refractivity (Wildman–Crippen MR) is 37.4 cm³/mol. The Labute approximate surface area is 61.5 Å². The van der Waals surface area contributed by atoms with E-state index in [4.69, 9.17) is 9.47 Å². The minimum absolute atomic E-state index is 0.0951. The van der Waals surface area contributed by atoms with Crippen LogP contribution in [0, 0.1) is 0 Å². The second-order valence-corrected chi connectivity index (χ2v) is 3.36. The largest absolute Gasteiger partial charge is 0.307 e. The Hall–Kier alpha value is -0.0800. The zero-order valence-electron chi connectivity index (χ0n) is 6.64. The third-order valence-electron chi connectivity index (χ3n) is 2.44. The van der Waals surface area contributed by atoms with Gasteiger partial charge in [-0.15, -0.1) is 0 Å². The third-order valence-corrected chi connectivity index (χ3v) is 2.44. The molecule has 0 radical (unpaired) electrons. The molecule has 2 heterocycles. The van der Waals surface area contributed by atoms with Crippen LogP contribution in [0.2, 0.25) is 0 Å². The molecule has 0 aromatic heterocycles. The van der Waals surface area contributed by atoms with E-state index >= 15 is 0 Å². The van der Waals surface area contributed by atoms with E-state index in [2.05, 4.69) is 6.92 Å². The first kappa shape index (κ1) is 6.62. The van der Waals surface area contributed by atoms with Crippen molar-refractivity contribution in [2.24, 2.45) is 0 Å². The van der Waals surface area contributed by atoms with Gasteiger partial charge < -0.3 is 9.47 Å². The molecule has 0 aromatic rings. The highest BCUT2D eigenvalue weighted by Crippen LogP contribution is 2.69. The predicted octanol–water partition coefficient (Wildman–Crippen LogP) is 2.04. The van der Waals surface area contributed by atoms with Gasteiger partial charge in [0.15, 0.2) is 0 Å². The number of epoxide rings is 2. The summed E-state index contributed by atoms with van der Waals surface area (Å²) in [5, 5.41) is 0. The van der Waals surface area contributed by atoms with E-state index < -0.39 is 0 Å². The van der Waals surface area contributed by atoms with Crippen LogP contribution in [0.4, 0.5) is 0 Å². The summed E-state index contributed by atoms with van der Waals surface area (Å²) in [7, 11) is 0. The Morgan fingerprint density at radius 3 is 2.20 bits per heavy atom. The first-order valence-corrected chi connectivity index (χ1v) is 4.13. The second-order valence-electron chi connectivity index (χ2n) is 3.36. The van der Waals surface area contributed by atoms with Gasteiger partial charge in [-0.3, -0.25) is 0 Å². The molecule has 58 valence electrons. The van der Waals surface area contributed by atoms with Crippen molar-refractivity contribution < 1.29 is 9.47 Å². The summed E-state index contributed by atoms with van der Waals surface area (Å²) in [5.41, 5.74) is 0. The first-order chi connectivity index (χ1) is 4.72. The van der Waals surface area contributed by atoms with Gasteiger partial charge in [0.1, 0.15) is 0 Å². The van der Waals surface area contributed by atoms with Gasteiger partial charge in [0, 0.05) is 6.42 Å². The second kappa shape index (κ2) is 1.74. The topological polar surface area (TPSA) is 25.1 Å². The summed E-state index contributed by atoms with van der Waals surface area (Å²) in [5.74, 6) is -0.233. The summed E-state index contributed by atoms with van der Waals surface area (Å²) in [6.45, 7) is 4.22. The van der Waals surface area contributed by atoms with Crippen LogP contribution in [0.3, 0.4) is 0 Å². The van der Waals surface area contributed by atoms with E-state index in [1.54, 1.807) is 0 Å². The molecule has 0 atom stereocenters. The number of ether oxygens (including phenoxy) is 2. The van der Waals surface area contributed by atoms with Gasteiger partial charge in [-0.25, -0.2) is 0 Å². The van der Waals surface area contributed by atoms with Crippen molar-refractivity contribution in [3.63, 3.8) is 0 Å². The summed E-state index contributed by atoms with van der Waals surface area (Å²) in [6, 6.07) is 0. The highest BCUT2D eigenvalue weighted by molar-refractivity contribution is 5.14. The molecule has 2 fully saturated rings. The van der Waals surface area contributed by atoms with Crippen molar-refractivity contribution in [1.29, 1.82) is 0 Å². The van der Waals surface area contributed by atoms with Gasteiger partial charge in [-0.2, -0.15) is 0 Å². The molecule has 0 spiro atoms. The van der Waals surface area contributed by atoms with E-state index in [1.165, 1.54) is 19.3 Å². The maximum absolute atomic E-state index is 5.31. The van der Waals surface area contributed by atoms with Crippen LogP contribution in [0.5, 0.6) is 0 Å². The van der Waals surface area contributed by atoms with Crippen molar-refractivity contribution in [1.82, 2.24) is 0 Å². The molecule has 2 aliphatic heterocycles. The maximum atomic E-state index is 5.31. The number of rotatable bonds is 4. The average molecular weight is 142 g/mol. The van der Waals surface area contributed by atoms with Gasteiger partial charge in [0.05, 0.1) is 0 Å². The molecule has 2 nitrogen and oxygen atoms in total. The van der Waals surface area contributed by atoms with Crippen LogP contribution in [-0.4, -0.2) is 11.6 Å². The fraction of sp³-hybridized carbons (Fsp3) is 1.00. The molecular formula is C8H14O2. The lowest BCUT2D eigenvalue weighted by molar-refractivity contribution is -0.0920. The number of hydrogen-bond donors (Lipinski definition) is 0. The van der Waals surface area contributed by atoms with E-state index in [0.717, 1.165) is 6.42 Å². The number of fused-ring (bicyclic) bond motifs is 1. The lowest BCUT2D eigenvalue weighted by Crippen LogP contribution is -1.97. The Morgan fingerprint density at radius 2 is 1.80 bits per heavy atom. The van der Waals surface area contributed by atoms with E-state index in [9.17, 15) is 0 Å². The quantitative estimate of drug-likeness (QED) is 0.443. The fourth-order valence-corrected chi connectivity index (χ4v) is 1.52. The summed E-state index contributed by atoms with van der Waals surface area (Å²) >= 11 is 0. The van der Waals surface area contributed by atoms with Gasteiger partial charge >= 0.3 is 0 Å². The molecule has 2 heteroatoms. The molecule has 0 bridgehead atoms. The van der Waals surface area contributed by atoms with Crippen molar-refractivity contribution in [2.75, 3.05) is 0 Å². The minimum atomic E-state index is -0.138. The molecular weight excluding hydrogens is 128 g/mol. The molecule has 0 saturated carbocycles. The van der Waals surface area contributed by atoms with Gasteiger partial charge in [0.25, 0.3) is 0 Å². The van der Waals surface area contributed by atoms with Gasteiger partial charge in [-0.1, -0.05) is 19.8 Å². The minimum Gasteiger partial charge on any atom is -0.307 e. The molecule has 2 aliphatic rings. The SMILES string of the molecule is CCCCCC12OC1(C)O2. The number of unbranched alkanes of at least 4 members (excludes halogenated alkanes) is 2.